The van der Waals surface area contributed by atoms with Crippen molar-refractivity contribution in [1.82, 2.24) is 0 Å². The molecule has 5 aromatic rings. The van der Waals surface area contributed by atoms with E-state index in [9.17, 15) is 0 Å². The summed E-state index contributed by atoms with van der Waals surface area (Å²) in [5.41, 5.74) is 8.70. The molecule has 0 bridgehead atoms. The van der Waals surface area contributed by atoms with E-state index in [4.69, 9.17) is 9.84 Å². The van der Waals surface area contributed by atoms with E-state index >= 15 is 0 Å². The molecule has 1 aliphatic heterocycles. The Labute approximate surface area is 199 Å². The molecular weight excluding hydrogens is 416 g/mol. The quantitative estimate of drug-likeness (QED) is 0.289. The molecule has 0 spiro atoms. The van der Waals surface area contributed by atoms with Crippen LogP contribution in [0.2, 0.25) is 0 Å². The van der Waals surface area contributed by atoms with Crippen LogP contribution in [0.5, 0.6) is 5.88 Å². The highest BCUT2D eigenvalue weighted by atomic mass is 16.5. The molecule has 0 unspecified atom stereocenters. The molecule has 0 fully saturated rings. The highest BCUT2D eigenvalue weighted by Gasteiger charge is 2.28. The normalized spacial score (nSPS) is 12.4. The first-order valence-corrected chi connectivity index (χ1v) is 11.4. The number of fused-ring (bicyclic) bond motifs is 1. The number of benzene rings is 4. The van der Waals surface area contributed by atoms with Gasteiger partial charge in [0.15, 0.2) is 5.71 Å². The topological polar surface area (TPSA) is 25.5 Å². The molecule has 0 saturated carbocycles. The van der Waals surface area contributed by atoms with Crippen LogP contribution in [-0.2, 0) is 0 Å². The summed E-state index contributed by atoms with van der Waals surface area (Å²) in [4.78, 5) is 0. The predicted molar refractivity (Wildman–Crippen MR) is 137 cm³/mol. The van der Waals surface area contributed by atoms with Gasteiger partial charge in [-0.15, -0.1) is 0 Å². The number of pyridine rings is 1. The van der Waals surface area contributed by atoms with Gasteiger partial charge in [-0.2, -0.15) is 0 Å². The van der Waals surface area contributed by atoms with E-state index in [-0.39, 0.29) is 0 Å². The van der Waals surface area contributed by atoms with Gasteiger partial charge in [-0.05, 0) is 39.1 Å². The molecule has 0 saturated heterocycles. The summed E-state index contributed by atoms with van der Waals surface area (Å²) in [5.74, 6) is 0.741. The molecule has 0 N–H and O–H groups in total. The van der Waals surface area contributed by atoms with Crippen molar-refractivity contribution in [2.24, 2.45) is 5.10 Å². The minimum Gasteiger partial charge on any atom is -0.436 e. The molecule has 0 radical (unpaired) electrons. The number of hydrogen-bond acceptors (Lipinski definition) is 2. The Morgan fingerprint density at radius 1 is 0.500 bits per heavy atom. The Morgan fingerprint density at radius 2 is 1.00 bits per heavy atom. The molecule has 4 aromatic carbocycles. The lowest BCUT2D eigenvalue weighted by Gasteiger charge is -2.14. The van der Waals surface area contributed by atoms with Gasteiger partial charge in [0.2, 0.25) is 5.69 Å². The average molecular weight is 440 g/mol. The second-order valence-corrected chi connectivity index (χ2v) is 8.29. The van der Waals surface area contributed by atoms with Crippen molar-refractivity contribution < 1.29 is 9.41 Å². The fourth-order valence-corrected chi connectivity index (χ4v) is 4.30. The minimum atomic E-state index is 0.428. The van der Waals surface area contributed by atoms with Crippen molar-refractivity contribution in [3.05, 3.63) is 133 Å². The number of aromatic nitrogens is 1. The zero-order valence-electron chi connectivity index (χ0n) is 18.6. The molecule has 0 amide bonds. The fraction of sp³-hybridized carbons (Fsp3) is 0.0323. The van der Waals surface area contributed by atoms with Crippen molar-refractivity contribution in [1.29, 1.82) is 0 Å². The zero-order valence-corrected chi connectivity index (χ0v) is 18.6. The standard InChI is InChI=1S/C31H23N2O/c1-4-10-23(11-5-1)25-16-18-26(19-17-25)29-22-34-31-21-28(24-12-6-2-7-13-24)20-30(33(31)32-29)27-14-8-3-9-15-27/h1-21H,22H2/q+1. The molecule has 6 rings (SSSR count). The Hall–Kier alpha value is -4.50. The van der Waals surface area contributed by atoms with Gasteiger partial charge in [0, 0.05) is 22.3 Å². The molecule has 34 heavy (non-hydrogen) atoms. The first kappa shape index (κ1) is 20.1. The Kier molecular flexibility index (Phi) is 5.21. The largest absolute Gasteiger partial charge is 0.436 e. The fourth-order valence-electron chi connectivity index (χ4n) is 4.30. The number of ether oxygens (including phenoxy) is 1. The van der Waals surface area contributed by atoms with E-state index in [0.717, 1.165) is 39.5 Å². The number of rotatable bonds is 4. The van der Waals surface area contributed by atoms with Gasteiger partial charge < -0.3 is 4.74 Å². The summed E-state index contributed by atoms with van der Waals surface area (Å²) in [5, 5.41) is 5.04. The summed E-state index contributed by atoms with van der Waals surface area (Å²) in [7, 11) is 0. The number of hydrogen-bond donors (Lipinski definition) is 0. The first-order chi connectivity index (χ1) is 16.8. The van der Waals surface area contributed by atoms with Gasteiger partial charge in [-0.1, -0.05) is 103 Å². The summed E-state index contributed by atoms with van der Waals surface area (Å²) < 4.78 is 8.18. The van der Waals surface area contributed by atoms with Gasteiger partial charge in [-0.25, -0.2) is 0 Å². The van der Waals surface area contributed by atoms with E-state index < -0.39 is 0 Å². The van der Waals surface area contributed by atoms with Crippen molar-refractivity contribution in [2.75, 3.05) is 6.61 Å². The number of nitrogens with zero attached hydrogens (tertiary/aromatic N) is 2. The molecule has 0 atom stereocenters. The Morgan fingerprint density at radius 3 is 1.62 bits per heavy atom. The third kappa shape index (κ3) is 3.89. The van der Waals surface area contributed by atoms with E-state index in [1.165, 1.54) is 11.1 Å². The van der Waals surface area contributed by atoms with Gasteiger partial charge in [0.05, 0.1) is 6.07 Å². The zero-order chi connectivity index (χ0) is 22.7. The van der Waals surface area contributed by atoms with Crippen LogP contribution in [0.1, 0.15) is 5.56 Å². The third-order valence-corrected chi connectivity index (χ3v) is 6.09. The maximum absolute atomic E-state index is 6.26. The van der Waals surface area contributed by atoms with Crippen LogP contribution < -0.4 is 9.41 Å². The molecule has 1 aliphatic rings. The van der Waals surface area contributed by atoms with Gasteiger partial charge >= 0.3 is 5.88 Å². The van der Waals surface area contributed by atoms with Crippen LogP contribution in [0.3, 0.4) is 0 Å². The lowest BCUT2D eigenvalue weighted by molar-refractivity contribution is -0.676. The minimum absolute atomic E-state index is 0.428. The average Bonchev–Trinajstić information content (AvgIpc) is 2.94. The SMILES string of the molecule is c1ccc(-c2ccc(C3=N[n+]4c(cc(-c5ccccc5)cc4-c4ccccc4)OC3)cc2)cc1. The van der Waals surface area contributed by atoms with Crippen molar-refractivity contribution in [2.45, 2.75) is 0 Å². The highest BCUT2D eigenvalue weighted by Crippen LogP contribution is 2.29. The van der Waals surface area contributed by atoms with Crippen LogP contribution in [0.15, 0.2) is 132 Å². The summed E-state index contributed by atoms with van der Waals surface area (Å²) in [6, 6.07) is 43.9. The van der Waals surface area contributed by atoms with Crippen LogP contribution in [-0.4, -0.2) is 12.3 Å². The van der Waals surface area contributed by atoms with Crippen molar-refractivity contribution in [3.63, 3.8) is 0 Å². The predicted octanol–water partition coefficient (Wildman–Crippen LogP) is 6.62. The molecule has 2 heterocycles. The molecule has 1 aromatic heterocycles. The maximum atomic E-state index is 6.26. The van der Waals surface area contributed by atoms with Crippen LogP contribution >= 0.6 is 0 Å². The summed E-state index contributed by atoms with van der Waals surface area (Å²) in [6.07, 6.45) is 0. The summed E-state index contributed by atoms with van der Waals surface area (Å²) in [6.45, 7) is 0.428. The second-order valence-electron chi connectivity index (χ2n) is 8.29. The van der Waals surface area contributed by atoms with Gasteiger partial charge in [0.25, 0.3) is 0 Å². The Balaban J connectivity index is 1.44. The van der Waals surface area contributed by atoms with E-state index in [1.807, 2.05) is 35.0 Å². The smallest absolute Gasteiger partial charge is 0.400 e. The first-order valence-electron chi connectivity index (χ1n) is 11.4. The second kappa shape index (κ2) is 8.80. The van der Waals surface area contributed by atoms with Crippen LogP contribution in [0.4, 0.5) is 0 Å². The van der Waals surface area contributed by atoms with Crippen LogP contribution in [0, 0.1) is 0 Å². The molecular formula is C31H23N2O+. The Bertz CT molecular complexity index is 1460. The molecule has 0 aliphatic carbocycles. The van der Waals surface area contributed by atoms with Crippen molar-refractivity contribution in [3.8, 4) is 39.4 Å². The van der Waals surface area contributed by atoms with E-state index in [1.54, 1.807) is 0 Å². The van der Waals surface area contributed by atoms with Crippen molar-refractivity contribution >= 4 is 5.71 Å². The van der Waals surface area contributed by atoms with E-state index in [2.05, 4.69) is 97.1 Å². The highest BCUT2D eigenvalue weighted by molar-refractivity contribution is 6.02. The van der Waals surface area contributed by atoms with Crippen LogP contribution in [0.25, 0.3) is 33.5 Å². The lowest BCUT2D eigenvalue weighted by atomic mass is 10.0. The molecule has 3 nitrogen and oxygen atoms in total. The lowest BCUT2D eigenvalue weighted by Crippen LogP contribution is -2.40. The van der Waals surface area contributed by atoms with Gasteiger partial charge in [-0.3, -0.25) is 0 Å². The maximum Gasteiger partial charge on any atom is 0.400 e. The molecule has 162 valence electrons. The molecule has 3 heteroatoms. The third-order valence-electron chi connectivity index (χ3n) is 6.09. The van der Waals surface area contributed by atoms with E-state index in [0.29, 0.717) is 6.61 Å². The van der Waals surface area contributed by atoms with Gasteiger partial charge in [0.1, 0.15) is 6.61 Å². The monoisotopic (exact) mass is 439 g/mol. The summed E-state index contributed by atoms with van der Waals surface area (Å²) >= 11 is 0.